The van der Waals surface area contributed by atoms with Crippen molar-refractivity contribution in [2.24, 2.45) is 0 Å². The molecule has 2 nitrogen and oxygen atoms in total. The molecule has 0 amide bonds. The predicted octanol–water partition coefficient (Wildman–Crippen LogP) is 1.46. The second-order valence-electron chi connectivity index (χ2n) is 2.63. The van der Waals surface area contributed by atoms with E-state index in [1.54, 1.807) is 0 Å². The Morgan fingerprint density at radius 1 is 1.60 bits per heavy atom. The van der Waals surface area contributed by atoms with Gasteiger partial charge < -0.3 is 4.90 Å². The first kappa shape index (κ1) is 9.74. The number of alkyl halides is 1. The molecule has 0 aromatic rings. The lowest BCUT2D eigenvalue weighted by Gasteiger charge is -2.20. The molecular weight excluding hydrogens is 148 g/mol. The number of rotatable bonds is 3. The van der Waals surface area contributed by atoms with Gasteiger partial charge in [-0.3, -0.25) is 0 Å². The topological polar surface area (TPSA) is 27.0 Å². The maximum absolute atomic E-state index is 8.36. The molecule has 0 saturated heterocycles. The number of hydrogen-bond acceptors (Lipinski definition) is 2. The van der Waals surface area contributed by atoms with Crippen molar-refractivity contribution in [2.45, 2.75) is 25.3 Å². The average Bonchev–Trinajstić information content (AvgIpc) is 1.87. The molecule has 10 heavy (non-hydrogen) atoms. The zero-order chi connectivity index (χ0) is 8.15. The summed E-state index contributed by atoms with van der Waals surface area (Å²) in [5.74, 6) is 0. The number of nitrogens with zero attached hydrogens (tertiary/aromatic N) is 2. The van der Waals surface area contributed by atoms with Crippen LogP contribution in [0.3, 0.4) is 0 Å². The first-order valence-electron chi connectivity index (χ1n) is 3.32. The third-order valence-corrected chi connectivity index (χ3v) is 1.71. The van der Waals surface area contributed by atoms with Crippen LogP contribution < -0.4 is 0 Å². The SMILES string of the molecule is CC(C)N(C)CC(Cl)C#N. The highest BCUT2D eigenvalue weighted by Gasteiger charge is 2.08. The zero-order valence-electron chi connectivity index (χ0n) is 6.63. The molecule has 0 spiro atoms. The smallest absolute Gasteiger partial charge is 0.133 e. The molecule has 1 unspecified atom stereocenters. The summed E-state index contributed by atoms with van der Waals surface area (Å²) in [5.41, 5.74) is 0. The van der Waals surface area contributed by atoms with Crippen molar-refractivity contribution < 1.29 is 0 Å². The Kier molecular flexibility index (Phi) is 4.42. The third-order valence-electron chi connectivity index (χ3n) is 1.47. The van der Waals surface area contributed by atoms with Crippen molar-refractivity contribution in [3.05, 3.63) is 0 Å². The minimum Gasteiger partial charge on any atom is -0.301 e. The Morgan fingerprint density at radius 2 is 2.10 bits per heavy atom. The van der Waals surface area contributed by atoms with Crippen LogP contribution in [0.1, 0.15) is 13.8 Å². The molecule has 0 radical (unpaired) electrons. The van der Waals surface area contributed by atoms with Gasteiger partial charge in [-0.2, -0.15) is 5.26 Å². The van der Waals surface area contributed by atoms with Crippen molar-refractivity contribution in [1.82, 2.24) is 4.90 Å². The molecule has 0 aromatic carbocycles. The molecule has 0 heterocycles. The highest BCUT2D eigenvalue weighted by atomic mass is 35.5. The third kappa shape index (κ3) is 3.71. The molecule has 1 atom stereocenters. The summed E-state index contributed by atoms with van der Waals surface area (Å²) in [4.78, 5) is 2.04. The predicted molar refractivity (Wildman–Crippen MR) is 43.0 cm³/mol. The Labute approximate surface area is 67.4 Å². The Bertz CT molecular complexity index is 128. The zero-order valence-corrected chi connectivity index (χ0v) is 7.39. The first-order chi connectivity index (χ1) is 4.57. The first-order valence-corrected chi connectivity index (χ1v) is 3.75. The molecule has 0 bridgehead atoms. The van der Waals surface area contributed by atoms with E-state index in [1.165, 1.54) is 0 Å². The molecule has 0 saturated carbocycles. The Hall–Kier alpha value is -0.260. The fraction of sp³-hybridized carbons (Fsp3) is 0.857. The van der Waals surface area contributed by atoms with Gasteiger partial charge in [-0.25, -0.2) is 0 Å². The molecular formula is C7H13ClN2. The lowest BCUT2D eigenvalue weighted by atomic mass is 10.3. The van der Waals surface area contributed by atoms with Gasteiger partial charge in [0.2, 0.25) is 0 Å². The number of halogens is 1. The molecule has 0 rings (SSSR count). The van der Waals surface area contributed by atoms with Crippen molar-refractivity contribution in [1.29, 1.82) is 5.26 Å². The van der Waals surface area contributed by atoms with Crippen molar-refractivity contribution >= 4 is 11.6 Å². The average molecular weight is 161 g/mol. The molecule has 0 fully saturated rings. The standard InChI is InChI=1S/C7H13ClN2/c1-6(2)10(3)5-7(8)4-9/h6-7H,5H2,1-3H3. The van der Waals surface area contributed by atoms with Crippen LogP contribution in [0.15, 0.2) is 0 Å². The van der Waals surface area contributed by atoms with Crippen LogP contribution in [0, 0.1) is 11.3 Å². The summed E-state index contributed by atoms with van der Waals surface area (Å²) in [5, 5.41) is 7.97. The van der Waals surface area contributed by atoms with Gasteiger partial charge >= 0.3 is 0 Å². The molecule has 0 aromatic heterocycles. The minimum atomic E-state index is -0.382. The van der Waals surface area contributed by atoms with E-state index < -0.39 is 0 Å². The Balaban J connectivity index is 3.59. The van der Waals surface area contributed by atoms with E-state index in [-0.39, 0.29) is 5.38 Å². The van der Waals surface area contributed by atoms with Gasteiger partial charge in [0.1, 0.15) is 5.38 Å². The monoisotopic (exact) mass is 160 g/mol. The van der Waals surface area contributed by atoms with E-state index in [9.17, 15) is 0 Å². The van der Waals surface area contributed by atoms with Gasteiger partial charge in [-0.1, -0.05) is 0 Å². The molecule has 0 aliphatic heterocycles. The van der Waals surface area contributed by atoms with Crippen LogP contribution in [-0.2, 0) is 0 Å². The lowest BCUT2D eigenvalue weighted by Crippen LogP contribution is -2.31. The fourth-order valence-electron chi connectivity index (χ4n) is 0.504. The molecule has 58 valence electrons. The van der Waals surface area contributed by atoms with Gasteiger partial charge in [0.05, 0.1) is 6.07 Å². The van der Waals surface area contributed by atoms with Gasteiger partial charge in [0.25, 0.3) is 0 Å². The fourth-order valence-corrected chi connectivity index (χ4v) is 0.722. The van der Waals surface area contributed by atoms with E-state index in [0.717, 1.165) is 0 Å². The van der Waals surface area contributed by atoms with Crippen molar-refractivity contribution in [2.75, 3.05) is 13.6 Å². The van der Waals surface area contributed by atoms with Crippen LogP contribution in [0.2, 0.25) is 0 Å². The highest BCUT2D eigenvalue weighted by Crippen LogP contribution is 1.99. The normalized spacial score (nSPS) is 13.7. The van der Waals surface area contributed by atoms with Crippen LogP contribution in [0.4, 0.5) is 0 Å². The summed E-state index contributed by atoms with van der Waals surface area (Å²) in [7, 11) is 1.96. The maximum atomic E-state index is 8.36. The van der Waals surface area contributed by atoms with Gasteiger partial charge in [-0.15, -0.1) is 11.6 Å². The maximum Gasteiger partial charge on any atom is 0.133 e. The second-order valence-corrected chi connectivity index (χ2v) is 3.16. The molecule has 3 heteroatoms. The largest absolute Gasteiger partial charge is 0.301 e. The van der Waals surface area contributed by atoms with Gasteiger partial charge in [0, 0.05) is 12.6 Å². The van der Waals surface area contributed by atoms with Crippen molar-refractivity contribution in [3.8, 4) is 6.07 Å². The lowest BCUT2D eigenvalue weighted by molar-refractivity contribution is 0.282. The molecule has 0 aliphatic rings. The second kappa shape index (κ2) is 4.54. The van der Waals surface area contributed by atoms with Crippen molar-refractivity contribution in [3.63, 3.8) is 0 Å². The van der Waals surface area contributed by atoms with Gasteiger partial charge in [-0.05, 0) is 20.9 Å². The summed E-state index contributed by atoms with van der Waals surface area (Å²) in [6.45, 7) is 4.78. The summed E-state index contributed by atoms with van der Waals surface area (Å²) < 4.78 is 0. The molecule has 0 N–H and O–H groups in total. The summed E-state index contributed by atoms with van der Waals surface area (Å²) >= 11 is 5.60. The van der Waals surface area contributed by atoms with E-state index in [0.29, 0.717) is 12.6 Å². The van der Waals surface area contributed by atoms with E-state index in [2.05, 4.69) is 13.8 Å². The van der Waals surface area contributed by atoms with Crippen LogP contribution >= 0.6 is 11.6 Å². The molecule has 0 aliphatic carbocycles. The van der Waals surface area contributed by atoms with E-state index in [4.69, 9.17) is 16.9 Å². The number of hydrogen-bond donors (Lipinski definition) is 0. The summed E-state index contributed by atoms with van der Waals surface area (Å²) in [6, 6.07) is 2.43. The van der Waals surface area contributed by atoms with Crippen LogP contribution in [0.5, 0.6) is 0 Å². The highest BCUT2D eigenvalue weighted by molar-refractivity contribution is 6.22. The quantitative estimate of drug-likeness (QED) is 0.585. The number of nitriles is 1. The van der Waals surface area contributed by atoms with Gasteiger partial charge in [0.15, 0.2) is 0 Å². The van der Waals surface area contributed by atoms with E-state index in [1.807, 2.05) is 18.0 Å². The minimum absolute atomic E-state index is 0.382. The Morgan fingerprint density at radius 3 is 2.40 bits per heavy atom. The van der Waals surface area contributed by atoms with Crippen LogP contribution in [0.25, 0.3) is 0 Å². The van der Waals surface area contributed by atoms with Crippen LogP contribution in [-0.4, -0.2) is 29.9 Å². The summed E-state index contributed by atoms with van der Waals surface area (Å²) in [6.07, 6.45) is 0. The van der Waals surface area contributed by atoms with E-state index >= 15 is 0 Å².